The van der Waals surface area contributed by atoms with Gasteiger partial charge in [0.1, 0.15) is 5.76 Å². The normalized spacial score (nSPS) is 17.5. The summed E-state index contributed by atoms with van der Waals surface area (Å²) in [7, 11) is 0. The van der Waals surface area contributed by atoms with Crippen molar-refractivity contribution >= 4 is 40.7 Å². The quantitative estimate of drug-likeness (QED) is 0.762. The Morgan fingerprint density at radius 2 is 2.04 bits per heavy atom. The first-order valence-corrected chi connectivity index (χ1v) is 9.57. The topological polar surface area (TPSA) is 74.6 Å². The molecule has 1 aliphatic heterocycles. The van der Waals surface area contributed by atoms with Crippen LogP contribution >= 0.6 is 23.2 Å². The largest absolute Gasteiger partial charge is 0.467 e. The lowest BCUT2D eigenvalue weighted by Gasteiger charge is -2.34. The zero-order valence-corrected chi connectivity index (χ0v) is 16.2. The molecule has 3 rings (SSSR count). The van der Waals surface area contributed by atoms with Crippen LogP contribution in [0.15, 0.2) is 41.0 Å². The summed E-state index contributed by atoms with van der Waals surface area (Å²) in [6.07, 6.45) is 4.18. The van der Waals surface area contributed by atoms with Crippen LogP contribution in [0, 0.1) is 0 Å². The monoisotopic (exact) mass is 409 g/mol. The number of hydrogen-bond donors (Lipinski definition) is 2. The van der Waals surface area contributed by atoms with Gasteiger partial charge in [-0.1, -0.05) is 29.6 Å². The van der Waals surface area contributed by atoms with Gasteiger partial charge in [0, 0.05) is 5.69 Å². The van der Waals surface area contributed by atoms with E-state index >= 15 is 0 Å². The molecule has 1 aromatic carbocycles. The smallest absolute Gasteiger partial charge is 0.241 e. The standard InChI is InChI=1S/C19H21Cl2N3O3/c20-15-7-6-13(10-16(15)21)23-19(26)17-5-1-2-8-24(17)12-18(25)22-11-14-4-3-9-27-14/h3-4,6-7,9-10,17H,1-2,5,8,11-12H2,(H,22,25)(H,23,26). The molecule has 1 atom stereocenters. The second-order valence-corrected chi connectivity index (χ2v) is 7.27. The summed E-state index contributed by atoms with van der Waals surface area (Å²) in [6, 6.07) is 8.17. The Balaban J connectivity index is 1.57. The van der Waals surface area contributed by atoms with E-state index in [1.54, 1.807) is 36.6 Å². The number of hydrogen-bond acceptors (Lipinski definition) is 4. The average Bonchev–Trinajstić information content (AvgIpc) is 3.17. The molecule has 0 radical (unpaired) electrons. The summed E-state index contributed by atoms with van der Waals surface area (Å²) in [5, 5.41) is 6.50. The molecule has 2 N–H and O–H groups in total. The molecule has 144 valence electrons. The predicted molar refractivity (Wildman–Crippen MR) is 105 cm³/mol. The Kier molecular flexibility index (Phi) is 6.77. The number of benzene rings is 1. The summed E-state index contributed by atoms with van der Waals surface area (Å²) in [5.41, 5.74) is 0.585. The number of amides is 2. The number of halogens is 2. The van der Waals surface area contributed by atoms with Gasteiger partial charge in [0.25, 0.3) is 0 Å². The molecule has 8 heteroatoms. The summed E-state index contributed by atoms with van der Waals surface area (Å²) in [6.45, 7) is 1.20. The van der Waals surface area contributed by atoms with E-state index in [1.807, 2.05) is 4.90 Å². The van der Waals surface area contributed by atoms with Crippen LogP contribution in [0.3, 0.4) is 0 Å². The van der Waals surface area contributed by atoms with Gasteiger partial charge < -0.3 is 15.1 Å². The van der Waals surface area contributed by atoms with Crippen LogP contribution < -0.4 is 10.6 Å². The Labute approximate surface area is 167 Å². The lowest BCUT2D eigenvalue weighted by atomic mass is 10.0. The number of furan rings is 1. The van der Waals surface area contributed by atoms with E-state index < -0.39 is 0 Å². The van der Waals surface area contributed by atoms with Crippen LogP contribution in [-0.4, -0.2) is 35.8 Å². The van der Waals surface area contributed by atoms with Crippen molar-refractivity contribution in [3.05, 3.63) is 52.4 Å². The van der Waals surface area contributed by atoms with Crippen molar-refractivity contribution in [1.82, 2.24) is 10.2 Å². The van der Waals surface area contributed by atoms with E-state index in [-0.39, 0.29) is 24.4 Å². The van der Waals surface area contributed by atoms with E-state index in [0.717, 1.165) is 12.8 Å². The molecule has 0 saturated carbocycles. The van der Waals surface area contributed by atoms with Gasteiger partial charge in [-0.25, -0.2) is 0 Å². The Bertz CT molecular complexity index is 796. The summed E-state index contributed by atoms with van der Waals surface area (Å²) in [5.74, 6) is 0.406. The second kappa shape index (κ2) is 9.26. The van der Waals surface area contributed by atoms with Crippen LogP contribution in [-0.2, 0) is 16.1 Å². The zero-order chi connectivity index (χ0) is 19.2. The maximum atomic E-state index is 12.7. The summed E-state index contributed by atoms with van der Waals surface area (Å²) < 4.78 is 5.21. The van der Waals surface area contributed by atoms with Gasteiger partial charge >= 0.3 is 0 Å². The van der Waals surface area contributed by atoms with Crippen molar-refractivity contribution in [2.75, 3.05) is 18.4 Å². The van der Waals surface area contributed by atoms with Crippen LogP contribution in [0.1, 0.15) is 25.0 Å². The van der Waals surface area contributed by atoms with Crippen molar-refractivity contribution in [3.8, 4) is 0 Å². The number of piperidine rings is 1. The highest BCUT2D eigenvalue weighted by Gasteiger charge is 2.30. The Morgan fingerprint density at radius 3 is 2.78 bits per heavy atom. The number of carbonyl (C=O) groups is 2. The van der Waals surface area contributed by atoms with E-state index in [2.05, 4.69) is 10.6 Å². The van der Waals surface area contributed by atoms with Crippen molar-refractivity contribution < 1.29 is 14.0 Å². The fourth-order valence-electron chi connectivity index (χ4n) is 3.12. The van der Waals surface area contributed by atoms with E-state index in [1.165, 1.54) is 0 Å². The molecule has 1 aliphatic rings. The molecule has 2 amide bonds. The lowest BCUT2D eigenvalue weighted by molar-refractivity contribution is -0.127. The van der Waals surface area contributed by atoms with E-state index in [4.69, 9.17) is 27.6 Å². The number of nitrogens with one attached hydrogen (secondary N) is 2. The van der Waals surface area contributed by atoms with Gasteiger partial charge in [0.2, 0.25) is 11.8 Å². The Morgan fingerprint density at radius 1 is 1.19 bits per heavy atom. The molecule has 1 aromatic heterocycles. The van der Waals surface area contributed by atoms with Crippen LogP contribution in [0.4, 0.5) is 5.69 Å². The maximum absolute atomic E-state index is 12.7. The molecule has 27 heavy (non-hydrogen) atoms. The highest BCUT2D eigenvalue weighted by Crippen LogP contribution is 2.26. The molecular weight excluding hydrogens is 389 g/mol. The number of likely N-dealkylation sites (tertiary alicyclic amines) is 1. The van der Waals surface area contributed by atoms with Gasteiger partial charge in [-0.05, 0) is 49.7 Å². The first kappa shape index (κ1) is 19.7. The summed E-state index contributed by atoms with van der Waals surface area (Å²) in [4.78, 5) is 26.9. The summed E-state index contributed by atoms with van der Waals surface area (Å²) >= 11 is 11.9. The minimum absolute atomic E-state index is 0.138. The number of nitrogens with zero attached hydrogens (tertiary/aromatic N) is 1. The molecular formula is C19H21Cl2N3O3. The average molecular weight is 410 g/mol. The zero-order valence-electron chi connectivity index (χ0n) is 14.7. The fraction of sp³-hybridized carbons (Fsp3) is 0.368. The molecule has 1 fully saturated rings. The van der Waals surface area contributed by atoms with Gasteiger partial charge in [-0.2, -0.15) is 0 Å². The number of rotatable bonds is 6. The molecule has 2 aromatic rings. The third kappa shape index (κ3) is 5.48. The van der Waals surface area contributed by atoms with Crippen molar-refractivity contribution in [2.24, 2.45) is 0 Å². The highest BCUT2D eigenvalue weighted by molar-refractivity contribution is 6.42. The fourth-order valence-corrected chi connectivity index (χ4v) is 3.41. The molecule has 1 unspecified atom stereocenters. The van der Waals surface area contributed by atoms with Gasteiger partial charge in [-0.15, -0.1) is 0 Å². The molecule has 6 nitrogen and oxygen atoms in total. The van der Waals surface area contributed by atoms with Crippen molar-refractivity contribution in [3.63, 3.8) is 0 Å². The van der Waals surface area contributed by atoms with E-state index in [0.29, 0.717) is 41.0 Å². The Hall–Kier alpha value is -2.02. The predicted octanol–water partition coefficient (Wildman–Crippen LogP) is 3.70. The third-order valence-electron chi connectivity index (χ3n) is 4.49. The lowest BCUT2D eigenvalue weighted by Crippen LogP contribution is -2.50. The molecule has 0 aliphatic carbocycles. The SMILES string of the molecule is O=C(CN1CCCCC1C(=O)Nc1ccc(Cl)c(Cl)c1)NCc1ccco1. The maximum Gasteiger partial charge on any atom is 0.241 e. The minimum Gasteiger partial charge on any atom is -0.467 e. The van der Waals surface area contributed by atoms with E-state index in [9.17, 15) is 9.59 Å². The van der Waals surface area contributed by atoms with Crippen LogP contribution in [0.5, 0.6) is 0 Å². The molecule has 0 spiro atoms. The third-order valence-corrected chi connectivity index (χ3v) is 5.23. The van der Waals surface area contributed by atoms with Crippen molar-refractivity contribution in [2.45, 2.75) is 31.8 Å². The molecule has 1 saturated heterocycles. The minimum atomic E-state index is -0.359. The first-order valence-electron chi connectivity index (χ1n) is 8.82. The molecule has 2 heterocycles. The van der Waals surface area contributed by atoms with Crippen molar-refractivity contribution in [1.29, 1.82) is 0 Å². The number of anilines is 1. The highest BCUT2D eigenvalue weighted by atomic mass is 35.5. The first-order chi connectivity index (χ1) is 13.0. The number of carbonyl (C=O) groups excluding carboxylic acids is 2. The van der Waals surface area contributed by atoms with Gasteiger partial charge in [0.05, 0.1) is 35.4 Å². The molecule has 0 bridgehead atoms. The van der Waals surface area contributed by atoms with Crippen LogP contribution in [0.25, 0.3) is 0 Å². The van der Waals surface area contributed by atoms with Gasteiger partial charge in [-0.3, -0.25) is 14.5 Å². The second-order valence-electron chi connectivity index (χ2n) is 6.46. The van der Waals surface area contributed by atoms with Crippen LogP contribution in [0.2, 0.25) is 10.0 Å². The van der Waals surface area contributed by atoms with Gasteiger partial charge in [0.15, 0.2) is 0 Å².